The van der Waals surface area contributed by atoms with Crippen LogP contribution in [0, 0.1) is 0 Å². The fourth-order valence-electron chi connectivity index (χ4n) is 2.75. The summed E-state index contributed by atoms with van der Waals surface area (Å²) in [4.78, 5) is 26.6. The molecule has 0 aliphatic carbocycles. The van der Waals surface area contributed by atoms with Gasteiger partial charge in [-0.1, -0.05) is 13.0 Å². The second kappa shape index (κ2) is 11.3. The fraction of sp³-hybridized carbons (Fsp3) is 0.348. The first-order valence-electron chi connectivity index (χ1n) is 10.2. The Kier molecular flexibility index (Phi) is 8.80. The molecule has 2 N–H and O–H groups in total. The molecule has 6 nitrogen and oxygen atoms in total. The third-order valence-corrected chi connectivity index (χ3v) is 4.88. The van der Waals surface area contributed by atoms with Gasteiger partial charge in [-0.05, 0) is 81.9 Å². The van der Waals surface area contributed by atoms with Crippen LogP contribution in [0.5, 0.6) is 5.75 Å². The van der Waals surface area contributed by atoms with E-state index in [1.165, 1.54) is 0 Å². The van der Waals surface area contributed by atoms with Crippen LogP contribution in [0.3, 0.4) is 0 Å². The van der Waals surface area contributed by atoms with E-state index in [2.05, 4.69) is 10.6 Å². The van der Waals surface area contributed by atoms with Gasteiger partial charge in [0, 0.05) is 29.9 Å². The summed E-state index contributed by atoms with van der Waals surface area (Å²) in [5.74, 6) is 0.307. The second-order valence-corrected chi connectivity index (χ2v) is 7.24. The van der Waals surface area contributed by atoms with Gasteiger partial charge in [-0.25, -0.2) is 0 Å². The maximum absolute atomic E-state index is 12.5. The predicted molar refractivity (Wildman–Crippen MR) is 124 cm³/mol. The van der Waals surface area contributed by atoms with Crippen molar-refractivity contribution in [3.05, 3.63) is 59.7 Å². The van der Waals surface area contributed by atoms with Crippen molar-refractivity contribution >= 4 is 34.8 Å². The molecule has 160 valence electrons. The zero-order valence-electron chi connectivity index (χ0n) is 17.9. The standard InChI is InChI=1S/C23H29N3O3S/c1-5-16(4)29-20-10-8-9-18(15-20)21(27)25-23(30)24-19-13-11-17(12-14-19)22(28)26(6-2)7-3/h8-16H,5-7H2,1-4H3,(H2,24,25,27,30). The van der Waals surface area contributed by atoms with Crippen LogP contribution in [0.25, 0.3) is 0 Å². The Balaban J connectivity index is 1.96. The number of ether oxygens (including phenoxy) is 1. The summed E-state index contributed by atoms with van der Waals surface area (Å²) < 4.78 is 5.76. The molecule has 1 unspecified atom stereocenters. The minimum absolute atomic E-state index is 0.0121. The van der Waals surface area contributed by atoms with E-state index in [0.29, 0.717) is 35.7 Å². The Morgan fingerprint density at radius 2 is 1.70 bits per heavy atom. The maximum Gasteiger partial charge on any atom is 0.257 e. The lowest BCUT2D eigenvalue weighted by atomic mass is 10.2. The lowest BCUT2D eigenvalue weighted by molar-refractivity contribution is 0.0772. The average molecular weight is 428 g/mol. The minimum Gasteiger partial charge on any atom is -0.491 e. The zero-order valence-corrected chi connectivity index (χ0v) is 18.7. The van der Waals surface area contributed by atoms with E-state index < -0.39 is 0 Å². The lowest BCUT2D eigenvalue weighted by Crippen LogP contribution is -2.34. The summed E-state index contributed by atoms with van der Waals surface area (Å²) in [5.41, 5.74) is 1.75. The molecule has 2 aromatic carbocycles. The van der Waals surface area contributed by atoms with Gasteiger partial charge in [0.15, 0.2) is 5.11 Å². The molecule has 2 aromatic rings. The first-order valence-corrected chi connectivity index (χ1v) is 10.6. The van der Waals surface area contributed by atoms with Crippen LogP contribution in [0.15, 0.2) is 48.5 Å². The Bertz CT molecular complexity index is 880. The fourth-order valence-corrected chi connectivity index (χ4v) is 2.96. The van der Waals surface area contributed by atoms with Crippen LogP contribution in [0.2, 0.25) is 0 Å². The molecule has 30 heavy (non-hydrogen) atoms. The van der Waals surface area contributed by atoms with Crippen molar-refractivity contribution in [2.75, 3.05) is 18.4 Å². The van der Waals surface area contributed by atoms with Gasteiger partial charge in [0.1, 0.15) is 5.75 Å². The number of carbonyl (C=O) groups is 2. The summed E-state index contributed by atoms with van der Waals surface area (Å²) in [5, 5.41) is 5.81. The van der Waals surface area contributed by atoms with Gasteiger partial charge in [-0.15, -0.1) is 0 Å². The van der Waals surface area contributed by atoms with Crippen molar-refractivity contribution in [1.29, 1.82) is 0 Å². The van der Waals surface area contributed by atoms with Crippen molar-refractivity contribution in [2.45, 2.75) is 40.2 Å². The number of hydrogen-bond donors (Lipinski definition) is 2. The number of benzene rings is 2. The minimum atomic E-state index is -0.324. The summed E-state index contributed by atoms with van der Waals surface area (Å²) in [6.07, 6.45) is 0.951. The first kappa shape index (κ1) is 23.3. The third-order valence-electron chi connectivity index (χ3n) is 4.68. The highest BCUT2D eigenvalue weighted by molar-refractivity contribution is 7.80. The Morgan fingerprint density at radius 1 is 1.03 bits per heavy atom. The van der Waals surface area contributed by atoms with Gasteiger partial charge in [0.25, 0.3) is 11.8 Å². The number of anilines is 1. The van der Waals surface area contributed by atoms with Gasteiger partial charge in [0.2, 0.25) is 0 Å². The molecular weight excluding hydrogens is 398 g/mol. The van der Waals surface area contributed by atoms with Crippen LogP contribution in [0.1, 0.15) is 54.8 Å². The monoisotopic (exact) mass is 427 g/mol. The van der Waals surface area contributed by atoms with Crippen LogP contribution in [-0.2, 0) is 0 Å². The third kappa shape index (κ3) is 6.56. The van der Waals surface area contributed by atoms with Crippen molar-refractivity contribution < 1.29 is 14.3 Å². The van der Waals surface area contributed by atoms with Crippen LogP contribution >= 0.6 is 12.2 Å². The molecule has 0 radical (unpaired) electrons. The maximum atomic E-state index is 12.5. The lowest BCUT2D eigenvalue weighted by Gasteiger charge is -2.18. The zero-order chi connectivity index (χ0) is 22.1. The molecule has 7 heteroatoms. The van der Waals surface area contributed by atoms with Crippen molar-refractivity contribution in [3.63, 3.8) is 0 Å². The molecule has 0 fully saturated rings. The molecule has 0 bridgehead atoms. The summed E-state index contributed by atoms with van der Waals surface area (Å²) in [7, 11) is 0. The molecule has 2 amide bonds. The quantitative estimate of drug-likeness (QED) is 0.608. The predicted octanol–water partition coefficient (Wildman–Crippen LogP) is 4.47. The van der Waals surface area contributed by atoms with E-state index in [4.69, 9.17) is 17.0 Å². The number of thiocarbonyl (C=S) groups is 1. The molecule has 0 spiro atoms. The van der Waals surface area contributed by atoms with Crippen LogP contribution in [0.4, 0.5) is 5.69 Å². The average Bonchev–Trinajstić information content (AvgIpc) is 2.75. The SMILES string of the molecule is CCC(C)Oc1cccc(C(=O)NC(=S)Nc2ccc(C(=O)N(CC)CC)cc2)c1. The van der Waals surface area contributed by atoms with E-state index in [0.717, 1.165) is 6.42 Å². The molecule has 0 saturated carbocycles. The molecule has 0 aliphatic heterocycles. The van der Waals surface area contributed by atoms with Crippen molar-refractivity contribution in [3.8, 4) is 5.75 Å². The molecule has 1 atom stereocenters. The van der Waals surface area contributed by atoms with E-state index >= 15 is 0 Å². The molecule has 0 aliphatic rings. The number of carbonyl (C=O) groups excluding carboxylic acids is 2. The van der Waals surface area contributed by atoms with E-state index in [9.17, 15) is 9.59 Å². The highest BCUT2D eigenvalue weighted by Crippen LogP contribution is 2.16. The normalized spacial score (nSPS) is 11.3. The van der Waals surface area contributed by atoms with Crippen molar-refractivity contribution in [1.82, 2.24) is 10.2 Å². The Hall–Kier alpha value is -2.93. The number of hydrogen-bond acceptors (Lipinski definition) is 4. The topological polar surface area (TPSA) is 70.7 Å². The van der Waals surface area contributed by atoms with E-state index in [1.54, 1.807) is 47.4 Å². The number of nitrogens with one attached hydrogen (secondary N) is 2. The smallest absolute Gasteiger partial charge is 0.257 e. The van der Waals surface area contributed by atoms with E-state index in [-0.39, 0.29) is 23.0 Å². The highest BCUT2D eigenvalue weighted by Gasteiger charge is 2.13. The van der Waals surface area contributed by atoms with Gasteiger partial charge in [0.05, 0.1) is 6.10 Å². The highest BCUT2D eigenvalue weighted by atomic mass is 32.1. The molecular formula is C23H29N3O3S. The first-order chi connectivity index (χ1) is 14.4. The van der Waals surface area contributed by atoms with Gasteiger partial charge < -0.3 is 15.0 Å². The molecule has 0 heterocycles. The van der Waals surface area contributed by atoms with Gasteiger partial charge >= 0.3 is 0 Å². The molecule has 2 rings (SSSR count). The molecule has 0 aromatic heterocycles. The van der Waals surface area contributed by atoms with Crippen LogP contribution in [-0.4, -0.2) is 41.0 Å². The summed E-state index contributed by atoms with van der Waals surface area (Å²) in [6, 6.07) is 14.0. The second-order valence-electron chi connectivity index (χ2n) is 6.83. The largest absolute Gasteiger partial charge is 0.491 e. The number of rotatable bonds is 8. The summed E-state index contributed by atoms with van der Waals surface area (Å²) >= 11 is 5.25. The number of amides is 2. The van der Waals surface area contributed by atoms with Gasteiger partial charge in [-0.3, -0.25) is 14.9 Å². The van der Waals surface area contributed by atoms with Gasteiger partial charge in [-0.2, -0.15) is 0 Å². The summed E-state index contributed by atoms with van der Waals surface area (Å²) in [6.45, 7) is 9.24. The molecule has 0 saturated heterocycles. The Morgan fingerprint density at radius 3 is 2.30 bits per heavy atom. The van der Waals surface area contributed by atoms with E-state index in [1.807, 2.05) is 33.8 Å². The number of nitrogens with zero attached hydrogens (tertiary/aromatic N) is 1. The Labute approximate surface area is 183 Å². The van der Waals surface area contributed by atoms with Crippen molar-refractivity contribution in [2.24, 2.45) is 0 Å². The van der Waals surface area contributed by atoms with Crippen LogP contribution < -0.4 is 15.4 Å².